The highest BCUT2D eigenvalue weighted by atomic mass is 35.5. The molecule has 108 valence electrons. The van der Waals surface area contributed by atoms with Gasteiger partial charge in [0.15, 0.2) is 0 Å². The van der Waals surface area contributed by atoms with Crippen LogP contribution in [0, 0.1) is 17.8 Å². The van der Waals surface area contributed by atoms with Crippen LogP contribution < -0.4 is 0 Å². The van der Waals surface area contributed by atoms with Crippen molar-refractivity contribution in [3.05, 3.63) is 0 Å². The first-order chi connectivity index (χ1) is 8.21. The fraction of sp³-hybridized carbons (Fsp3) is 1.00. The third-order valence-corrected chi connectivity index (χ3v) is 5.60. The molecule has 3 atom stereocenters. The molecular formula is C13H26ClNO2S. The van der Waals surface area contributed by atoms with Crippen LogP contribution >= 0.6 is 11.6 Å². The van der Waals surface area contributed by atoms with Gasteiger partial charge in [0.1, 0.15) is 0 Å². The second kappa shape index (κ2) is 6.58. The van der Waals surface area contributed by atoms with Crippen LogP contribution in [0.3, 0.4) is 0 Å². The molecule has 1 heterocycles. The number of sulfonamides is 1. The SMILES string of the molecule is CC(C)C(CC1CCCN(S(C)(=O)=O)C1)C(C)Cl. The van der Waals surface area contributed by atoms with Gasteiger partial charge in [-0.3, -0.25) is 0 Å². The summed E-state index contributed by atoms with van der Waals surface area (Å²) in [4.78, 5) is 0. The first kappa shape index (κ1) is 16.3. The molecule has 0 aliphatic carbocycles. The summed E-state index contributed by atoms with van der Waals surface area (Å²) in [5.74, 6) is 1.48. The van der Waals surface area contributed by atoms with E-state index >= 15 is 0 Å². The number of hydrogen-bond donors (Lipinski definition) is 0. The van der Waals surface area contributed by atoms with Gasteiger partial charge in [0.25, 0.3) is 0 Å². The van der Waals surface area contributed by atoms with E-state index in [9.17, 15) is 8.42 Å². The lowest BCUT2D eigenvalue weighted by molar-refractivity contribution is 0.208. The molecule has 0 bridgehead atoms. The Morgan fingerprint density at radius 1 is 1.33 bits per heavy atom. The summed E-state index contributed by atoms with van der Waals surface area (Å²) < 4.78 is 24.8. The highest BCUT2D eigenvalue weighted by Crippen LogP contribution is 2.31. The monoisotopic (exact) mass is 295 g/mol. The summed E-state index contributed by atoms with van der Waals surface area (Å²) in [5.41, 5.74) is 0. The van der Waals surface area contributed by atoms with Crippen molar-refractivity contribution < 1.29 is 8.42 Å². The number of halogens is 1. The third kappa shape index (κ3) is 4.71. The Morgan fingerprint density at radius 2 is 1.94 bits per heavy atom. The summed E-state index contributed by atoms with van der Waals surface area (Å²) in [7, 11) is -3.03. The van der Waals surface area contributed by atoms with Gasteiger partial charge in [0.2, 0.25) is 10.0 Å². The molecule has 0 radical (unpaired) electrons. The topological polar surface area (TPSA) is 37.4 Å². The molecule has 0 aromatic rings. The molecule has 5 heteroatoms. The van der Waals surface area contributed by atoms with Gasteiger partial charge in [-0.15, -0.1) is 11.6 Å². The number of alkyl halides is 1. The minimum atomic E-state index is -3.03. The molecule has 1 saturated heterocycles. The van der Waals surface area contributed by atoms with E-state index in [2.05, 4.69) is 13.8 Å². The van der Waals surface area contributed by atoms with Crippen LogP contribution in [0.25, 0.3) is 0 Å². The van der Waals surface area contributed by atoms with Gasteiger partial charge in [-0.05, 0) is 43.9 Å². The molecule has 1 aliphatic heterocycles. The van der Waals surface area contributed by atoms with Crippen LogP contribution in [0.5, 0.6) is 0 Å². The highest BCUT2D eigenvalue weighted by molar-refractivity contribution is 7.88. The molecule has 1 rings (SSSR count). The lowest BCUT2D eigenvalue weighted by Crippen LogP contribution is -2.40. The second-order valence-corrected chi connectivity index (χ2v) is 8.62. The smallest absolute Gasteiger partial charge is 0.211 e. The predicted octanol–water partition coefficient (Wildman–Crippen LogP) is 2.95. The Morgan fingerprint density at radius 3 is 2.39 bits per heavy atom. The molecule has 0 N–H and O–H groups in total. The molecular weight excluding hydrogens is 270 g/mol. The average molecular weight is 296 g/mol. The van der Waals surface area contributed by atoms with Gasteiger partial charge in [-0.25, -0.2) is 12.7 Å². The van der Waals surface area contributed by atoms with E-state index < -0.39 is 10.0 Å². The van der Waals surface area contributed by atoms with Gasteiger partial charge in [0, 0.05) is 18.5 Å². The Kier molecular flexibility index (Phi) is 5.94. The molecule has 0 amide bonds. The van der Waals surface area contributed by atoms with Crippen LogP contribution in [0.2, 0.25) is 0 Å². The molecule has 0 aromatic carbocycles. The normalized spacial score (nSPS) is 26.2. The zero-order valence-electron chi connectivity index (χ0n) is 11.9. The van der Waals surface area contributed by atoms with E-state index in [4.69, 9.17) is 11.6 Å². The Hall–Kier alpha value is 0.200. The minimum absolute atomic E-state index is 0.151. The van der Waals surface area contributed by atoms with Gasteiger partial charge in [-0.2, -0.15) is 0 Å². The fourth-order valence-electron chi connectivity index (χ4n) is 2.90. The first-order valence-corrected chi connectivity index (χ1v) is 9.09. The van der Waals surface area contributed by atoms with Crippen molar-refractivity contribution in [2.75, 3.05) is 19.3 Å². The van der Waals surface area contributed by atoms with Crippen molar-refractivity contribution in [1.82, 2.24) is 4.31 Å². The third-order valence-electron chi connectivity index (χ3n) is 4.00. The summed E-state index contributed by atoms with van der Waals surface area (Å²) in [6.07, 6.45) is 4.44. The Labute approximate surface area is 117 Å². The average Bonchev–Trinajstić information content (AvgIpc) is 2.24. The zero-order chi connectivity index (χ0) is 13.9. The maximum absolute atomic E-state index is 11.6. The number of hydrogen-bond acceptors (Lipinski definition) is 2. The minimum Gasteiger partial charge on any atom is -0.213 e. The van der Waals surface area contributed by atoms with E-state index in [1.54, 1.807) is 4.31 Å². The lowest BCUT2D eigenvalue weighted by Gasteiger charge is -2.34. The molecule has 0 spiro atoms. The maximum Gasteiger partial charge on any atom is 0.211 e. The predicted molar refractivity (Wildman–Crippen MR) is 77.4 cm³/mol. The summed E-state index contributed by atoms with van der Waals surface area (Å²) in [5, 5.41) is 0.151. The fourth-order valence-corrected chi connectivity index (χ4v) is 4.23. The van der Waals surface area contributed by atoms with Crippen molar-refractivity contribution >= 4 is 21.6 Å². The number of piperidine rings is 1. The second-order valence-electron chi connectivity index (χ2n) is 5.95. The summed E-state index contributed by atoms with van der Waals surface area (Å²) in [6, 6.07) is 0. The first-order valence-electron chi connectivity index (χ1n) is 6.81. The zero-order valence-corrected chi connectivity index (χ0v) is 13.5. The van der Waals surface area contributed by atoms with E-state index in [0.717, 1.165) is 19.3 Å². The lowest BCUT2D eigenvalue weighted by atomic mass is 9.81. The van der Waals surface area contributed by atoms with Crippen molar-refractivity contribution in [3.63, 3.8) is 0 Å². The standard InChI is InChI=1S/C13H26ClNO2S/c1-10(2)13(11(3)14)8-12-6-5-7-15(9-12)18(4,16)17/h10-13H,5-9H2,1-4H3. The van der Waals surface area contributed by atoms with Crippen LogP contribution in [0.15, 0.2) is 0 Å². The van der Waals surface area contributed by atoms with Crippen molar-refractivity contribution in [2.45, 2.75) is 45.4 Å². The number of nitrogens with zero attached hydrogens (tertiary/aromatic N) is 1. The van der Waals surface area contributed by atoms with Crippen molar-refractivity contribution in [2.24, 2.45) is 17.8 Å². The van der Waals surface area contributed by atoms with E-state index in [1.807, 2.05) is 6.92 Å². The summed E-state index contributed by atoms with van der Waals surface area (Å²) in [6.45, 7) is 7.79. The van der Waals surface area contributed by atoms with Crippen molar-refractivity contribution in [1.29, 1.82) is 0 Å². The van der Waals surface area contributed by atoms with E-state index in [0.29, 0.717) is 30.8 Å². The Balaban J connectivity index is 2.62. The molecule has 0 aromatic heterocycles. The van der Waals surface area contributed by atoms with Gasteiger partial charge >= 0.3 is 0 Å². The van der Waals surface area contributed by atoms with Crippen LogP contribution in [-0.4, -0.2) is 37.4 Å². The number of rotatable bonds is 5. The summed E-state index contributed by atoms with van der Waals surface area (Å²) >= 11 is 6.25. The molecule has 1 fully saturated rings. The quantitative estimate of drug-likeness (QED) is 0.731. The molecule has 3 unspecified atom stereocenters. The van der Waals surface area contributed by atoms with Crippen LogP contribution in [0.1, 0.15) is 40.0 Å². The van der Waals surface area contributed by atoms with E-state index in [1.165, 1.54) is 6.26 Å². The molecule has 0 saturated carbocycles. The largest absolute Gasteiger partial charge is 0.213 e. The molecule has 3 nitrogen and oxygen atoms in total. The van der Waals surface area contributed by atoms with Crippen molar-refractivity contribution in [3.8, 4) is 0 Å². The maximum atomic E-state index is 11.6. The molecule has 1 aliphatic rings. The van der Waals surface area contributed by atoms with Gasteiger partial charge in [-0.1, -0.05) is 13.8 Å². The van der Waals surface area contributed by atoms with Crippen LogP contribution in [-0.2, 0) is 10.0 Å². The van der Waals surface area contributed by atoms with Gasteiger partial charge in [0.05, 0.1) is 6.26 Å². The highest BCUT2D eigenvalue weighted by Gasteiger charge is 2.29. The Bertz CT molecular complexity index is 346. The van der Waals surface area contributed by atoms with Crippen LogP contribution in [0.4, 0.5) is 0 Å². The molecule has 18 heavy (non-hydrogen) atoms. The van der Waals surface area contributed by atoms with Gasteiger partial charge < -0.3 is 0 Å². The van der Waals surface area contributed by atoms with E-state index in [-0.39, 0.29) is 5.38 Å².